The van der Waals surface area contributed by atoms with Crippen molar-refractivity contribution in [2.24, 2.45) is 0 Å². The molecule has 0 bridgehead atoms. The van der Waals surface area contributed by atoms with Gasteiger partial charge in [-0.2, -0.15) is 0 Å². The van der Waals surface area contributed by atoms with Crippen LogP contribution < -0.4 is 0 Å². The van der Waals surface area contributed by atoms with Crippen molar-refractivity contribution in [2.75, 3.05) is 40.1 Å². The summed E-state index contributed by atoms with van der Waals surface area (Å²) in [4.78, 5) is 2.39. The monoisotopic (exact) mass is 173 g/mol. The summed E-state index contributed by atoms with van der Waals surface area (Å²) in [5, 5.41) is 0. The summed E-state index contributed by atoms with van der Waals surface area (Å²) in [7, 11) is 2.19. The Kier molecular flexibility index (Phi) is 5.32. The minimum Gasteiger partial charge on any atom is -0.353 e. The third kappa shape index (κ3) is 4.70. The van der Waals surface area contributed by atoms with Crippen LogP contribution in [0.2, 0.25) is 0 Å². The van der Waals surface area contributed by atoms with Gasteiger partial charge in [-0.05, 0) is 33.0 Å². The number of hydrogen-bond donors (Lipinski definition) is 0. The van der Waals surface area contributed by atoms with E-state index in [-0.39, 0.29) is 0 Å². The maximum Gasteiger partial charge on any atom is 0.146 e. The van der Waals surface area contributed by atoms with Crippen LogP contribution in [0.3, 0.4) is 0 Å². The standard InChI is InChI=1S/C6H13N.C3H6O2/c1-7-5-3-2-4-6-7;1-2-5-3-4-1/h2-6H2,1H3;1-3H2. The van der Waals surface area contributed by atoms with Crippen LogP contribution >= 0.6 is 0 Å². The number of rotatable bonds is 0. The van der Waals surface area contributed by atoms with Crippen LogP contribution in [0.1, 0.15) is 19.3 Å². The molecule has 0 aromatic carbocycles. The van der Waals surface area contributed by atoms with E-state index >= 15 is 0 Å². The lowest BCUT2D eigenvalue weighted by atomic mass is 10.1. The van der Waals surface area contributed by atoms with Gasteiger partial charge in [-0.15, -0.1) is 0 Å². The van der Waals surface area contributed by atoms with E-state index in [1.54, 1.807) is 0 Å². The number of ether oxygens (including phenoxy) is 2. The average molecular weight is 173 g/mol. The second-order valence-corrected chi connectivity index (χ2v) is 3.30. The van der Waals surface area contributed by atoms with Gasteiger partial charge in [0.05, 0.1) is 13.2 Å². The number of piperidine rings is 1. The Morgan fingerprint density at radius 3 is 1.75 bits per heavy atom. The molecule has 2 aliphatic heterocycles. The van der Waals surface area contributed by atoms with Crippen molar-refractivity contribution in [3.63, 3.8) is 0 Å². The van der Waals surface area contributed by atoms with Gasteiger partial charge in [0.25, 0.3) is 0 Å². The lowest BCUT2D eigenvalue weighted by Gasteiger charge is -2.20. The Balaban J connectivity index is 0.000000127. The van der Waals surface area contributed by atoms with Gasteiger partial charge in [-0.1, -0.05) is 6.42 Å². The SMILES string of the molecule is C1COCO1.CN1CCCCC1. The summed E-state index contributed by atoms with van der Waals surface area (Å²) >= 11 is 0. The minimum absolute atomic E-state index is 0.500. The fourth-order valence-corrected chi connectivity index (χ4v) is 1.35. The molecule has 2 aliphatic rings. The van der Waals surface area contributed by atoms with E-state index in [9.17, 15) is 0 Å². The zero-order valence-electron chi connectivity index (χ0n) is 7.92. The first kappa shape index (κ1) is 9.96. The van der Waals surface area contributed by atoms with Crippen LogP contribution in [-0.4, -0.2) is 45.0 Å². The summed E-state index contributed by atoms with van der Waals surface area (Å²) in [6.07, 6.45) is 4.28. The van der Waals surface area contributed by atoms with Crippen LogP contribution in [0, 0.1) is 0 Å². The van der Waals surface area contributed by atoms with Gasteiger partial charge in [0, 0.05) is 0 Å². The highest BCUT2D eigenvalue weighted by molar-refractivity contribution is 4.58. The summed E-state index contributed by atoms with van der Waals surface area (Å²) in [5.74, 6) is 0. The third-order valence-corrected chi connectivity index (χ3v) is 2.12. The number of hydrogen-bond acceptors (Lipinski definition) is 3. The van der Waals surface area contributed by atoms with Crippen LogP contribution in [0.25, 0.3) is 0 Å². The topological polar surface area (TPSA) is 21.7 Å². The Bertz CT molecular complexity index is 91.1. The van der Waals surface area contributed by atoms with Gasteiger partial charge < -0.3 is 14.4 Å². The molecule has 0 aromatic rings. The summed E-state index contributed by atoms with van der Waals surface area (Å²) in [5.41, 5.74) is 0. The quantitative estimate of drug-likeness (QED) is 0.547. The molecule has 2 heterocycles. The molecule has 72 valence electrons. The van der Waals surface area contributed by atoms with Gasteiger partial charge in [-0.3, -0.25) is 0 Å². The van der Waals surface area contributed by atoms with Crippen molar-refractivity contribution >= 4 is 0 Å². The maximum atomic E-state index is 4.72. The van der Waals surface area contributed by atoms with Crippen molar-refractivity contribution < 1.29 is 9.47 Å². The first-order valence-corrected chi connectivity index (χ1v) is 4.73. The van der Waals surface area contributed by atoms with Crippen LogP contribution in [0.15, 0.2) is 0 Å². The summed E-state index contributed by atoms with van der Waals surface area (Å²) in [6, 6.07) is 0. The molecule has 0 N–H and O–H groups in total. The van der Waals surface area contributed by atoms with Gasteiger partial charge in [0.1, 0.15) is 6.79 Å². The molecule has 12 heavy (non-hydrogen) atoms. The largest absolute Gasteiger partial charge is 0.353 e. The van der Waals surface area contributed by atoms with E-state index in [2.05, 4.69) is 11.9 Å². The number of nitrogens with zero attached hydrogens (tertiary/aromatic N) is 1. The van der Waals surface area contributed by atoms with Crippen molar-refractivity contribution in [1.82, 2.24) is 4.90 Å². The molecule has 2 rings (SSSR count). The van der Waals surface area contributed by atoms with Crippen LogP contribution in [-0.2, 0) is 9.47 Å². The maximum absolute atomic E-state index is 4.72. The fourth-order valence-electron chi connectivity index (χ4n) is 1.35. The Morgan fingerprint density at radius 1 is 0.917 bits per heavy atom. The second kappa shape index (κ2) is 6.40. The number of likely N-dealkylation sites (tertiary alicyclic amines) is 1. The fraction of sp³-hybridized carbons (Fsp3) is 1.00. The van der Waals surface area contributed by atoms with Crippen LogP contribution in [0.5, 0.6) is 0 Å². The van der Waals surface area contributed by atoms with Gasteiger partial charge in [0.2, 0.25) is 0 Å². The molecule has 0 spiro atoms. The first-order valence-electron chi connectivity index (χ1n) is 4.73. The van der Waals surface area contributed by atoms with E-state index in [1.165, 1.54) is 32.4 Å². The normalized spacial score (nSPS) is 24.8. The molecule has 3 nitrogen and oxygen atoms in total. The second-order valence-electron chi connectivity index (χ2n) is 3.30. The van der Waals surface area contributed by atoms with E-state index in [0.717, 1.165) is 13.2 Å². The third-order valence-electron chi connectivity index (χ3n) is 2.12. The molecular weight excluding hydrogens is 154 g/mol. The minimum atomic E-state index is 0.500. The van der Waals surface area contributed by atoms with Gasteiger partial charge in [0.15, 0.2) is 0 Å². The molecule has 0 atom stereocenters. The van der Waals surface area contributed by atoms with E-state index < -0.39 is 0 Å². The molecule has 0 amide bonds. The predicted molar refractivity (Wildman–Crippen MR) is 48.1 cm³/mol. The van der Waals surface area contributed by atoms with Crippen molar-refractivity contribution in [2.45, 2.75) is 19.3 Å². The lowest BCUT2D eigenvalue weighted by Crippen LogP contribution is -2.24. The highest BCUT2D eigenvalue weighted by atomic mass is 16.7. The first-order chi connectivity index (χ1) is 5.89. The molecule has 3 heteroatoms. The van der Waals surface area contributed by atoms with E-state index in [1.807, 2.05) is 0 Å². The molecule has 0 unspecified atom stereocenters. The summed E-state index contributed by atoms with van der Waals surface area (Å²) < 4.78 is 9.44. The molecule has 0 saturated carbocycles. The Labute approximate surface area is 74.6 Å². The Morgan fingerprint density at radius 2 is 1.50 bits per heavy atom. The molecule has 0 aliphatic carbocycles. The Hall–Kier alpha value is -0.120. The smallest absolute Gasteiger partial charge is 0.146 e. The highest BCUT2D eigenvalue weighted by Crippen LogP contribution is 2.04. The molecule has 0 radical (unpaired) electrons. The lowest BCUT2D eigenvalue weighted by molar-refractivity contribution is 0.0692. The van der Waals surface area contributed by atoms with E-state index in [0.29, 0.717) is 6.79 Å². The van der Waals surface area contributed by atoms with E-state index in [4.69, 9.17) is 9.47 Å². The average Bonchev–Trinajstić information content (AvgIpc) is 2.62. The zero-order valence-corrected chi connectivity index (χ0v) is 7.92. The summed E-state index contributed by atoms with van der Waals surface area (Å²) in [6.45, 7) is 4.69. The zero-order chi connectivity index (χ0) is 8.65. The van der Waals surface area contributed by atoms with Gasteiger partial charge >= 0.3 is 0 Å². The van der Waals surface area contributed by atoms with Crippen LogP contribution in [0.4, 0.5) is 0 Å². The predicted octanol–water partition coefficient (Wildman–Crippen LogP) is 1.09. The molecule has 0 aromatic heterocycles. The molecular formula is C9H19NO2. The van der Waals surface area contributed by atoms with Crippen molar-refractivity contribution in [3.05, 3.63) is 0 Å². The molecule has 2 saturated heterocycles. The molecule has 2 fully saturated rings. The van der Waals surface area contributed by atoms with Crippen molar-refractivity contribution in [3.8, 4) is 0 Å². The van der Waals surface area contributed by atoms with Crippen molar-refractivity contribution in [1.29, 1.82) is 0 Å². The van der Waals surface area contributed by atoms with Gasteiger partial charge in [-0.25, -0.2) is 0 Å². The highest BCUT2D eigenvalue weighted by Gasteiger charge is 2.02.